The van der Waals surface area contributed by atoms with Gasteiger partial charge in [-0.25, -0.2) is 14.6 Å². The highest BCUT2D eigenvalue weighted by Gasteiger charge is 2.33. The summed E-state index contributed by atoms with van der Waals surface area (Å²) in [5.74, 6) is 0.224. The number of aryl methyl sites for hydroxylation is 2. The first-order chi connectivity index (χ1) is 17.7. The van der Waals surface area contributed by atoms with E-state index in [1.807, 2.05) is 12.1 Å². The first-order valence-corrected chi connectivity index (χ1v) is 12.3. The highest BCUT2D eigenvalue weighted by Crippen LogP contribution is 2.35. The molecule has 0 amide bonds. The summed E-state index contributed by atoms with van der Waals surface area (Å²) in [6.07, 6.45) is -0.854. The lowest BCUT2D eigenvalue weighted by atomic mass is 10.0. The third-order valence-corrected chi connectivity index (χ3v) is 7.51. The molecule has 6 heterocycles. The first kappa shape index (κ1) is 23.6. The lowest BCUT2D eigenvalue weighted by Gasteiger charge is -2.13. The molecule has 5 aromatic heterocycles. The van der Waals surface area contributed by atoms with Gasteiger partial charge in [0.1, 0.15) is 5.69 Å². The van der Waals surface area contributed by atoms with Gasteiger partial charge in [0.15, 0.2) is 16.9 Å². The monoisotopic (exact) mass is 524 g/mol. The highest BCUT2D eigenvalue weighted by molar-refractivity contribution is 7.22. The Labute approximate surface area is 211 Å². The normalized spacial score (nSPS) is 16.2. The first-order valence-electron chi connectivity index (χ1n) is 11.5. The average molecular weight is 525 g/mol. The molecule has 6 rings (SSSR count). The molecule has 0 unspecified atom stereocenters. The number of nitrogens with zero attached hydrogens (tertiary/aromatic N) is 6. The molecule has 0 N–H and O–H groups in total. The third-order valence-electron chi connectivity index (χ3n) is 6.41. The van der Waals surface area contributed by atoms with E-state index in [0.29, 0.717) is 45.3 Å². The molecular weight excluding hydrogens is 505 g/mol. The van der Waals surface area contributed by atoms with Crippen molar-refractivity contribution in [3.63, 3.8) is 0 Å². The SMILES string of the molecule is Cc1nc2c(=O)c(-c3cc4cnc(C(F)(F)F)cc4s3)nn(-c3ccc([C@H]4CCOC4)nc3)c2nc1C. The van der Waals surface area contributed by atoms with E-state index in [1.165, 1.54) is 4.68 Å². The van der Waals surface area contributed by atoms with Crippen molar-refractivity contribution >= 4 is 32.6 Å². The van der Waals surface area contributed by atoms with Gasteiger partial charge in [-0.05, 0) is 44.5 Å². The minimum atomic E-state index is -4.57. The van der Waals surface area contributed by atoms with Gasteiger partial charge >= 0.3 is 6.18 Å². The lowest BCUT2D eigenvalue weighted by molar-refractivity contribution is -0.141. The van der Waals surface area contributed by atoms with Crippen LogP contribution in [0.2, 0.25) is 0 Å². The highest BCUT2D eigenvalue weighted by atomic mass is 32.1. The van der Waals surface area contributed by atoms with Crippen LogP contribution in [0.3, 0.4) is 0 Å². The molecule has 8 nitrogen and oxygen atoms in total. The van der Waals surface area contributed by atoms with Crippen LogP contribution in [0, 0.1) is 13.8 Å². The predicted octanol–water partition coefficient (Wildman–Crippen LogP) is 4.99. The van der Waals surface area contributed by atoms with Crippen molar-refractivity contribution in [1.29, 1.82) is 0 Å². The molecule has 0 radical (unpaired) electrons. The molecule has 1 aliphatic heterocycles. The third kappa shape index (κ3) is 4.15. The Morgan fingerprint density at radius 2 is 1.89 bits per heavy atom. The summed E-state index contributed by atoms with van der Waals surface area (Å²) >= 11 is 1.04. The van der Waals surface area contributed by atoms with E-state index < -0.39 is 17.3 Å². The van der Waals surface area contributed by atoms with Gasteiger partial charge in [0.2, 0.25) is 5.43 Å². The van der Waals surface area contributed by atoms with Crippen LogP contribution in [0.1, 0.15) is 35.1 Å². The standard InChI is InChI=1S/C25H19F3N6O2S/c1-12-13(2)32-24-22(31-12)23(35)21(19-7-15-9-30-20(25(26,27)28)8-18(15)37-19)33-34(24)16-3-4-17(29-10-16)14-5-6-36-11-14/h3-4,7-10,14H,5-6,11H2,1-2H3/t14-/m0/s1. The van der Waals surface area contributed by atoms with Crippen LogP contribution in [-0.2, 0) is 10.9 Å². The summed E-state index contributed by atoms with van der Waals surface area (Å²) in [7, 11) is 0. The van der Waals surface area contributed by atoms with Crippen molar-refractivity contribution in [2.24, 2.45) is 0 Å². The summed E-state index contributed by atoms with van der Waals surface area (Å²) in [6, 6.07) is 6.34. The molecule has 0 aliphatic carbocycles. The van der Waals surface area contributed by atoms with Crippen LogP contribution in [0.5, 0.6) is 0 Å². The van der Waals surface area contributed by atoms with Crippen LogP contribution < -0.4 is 5.43 Å². The fourth-order valence-electron chi connectivity index (χ4n) is 4.27. The Kier molecular flexibility index (Phi) is 5.53. The Morgan fingerprint density at radius 1 is 1.08 bits per heavy atom. The number of thiophene rings is 1. The molecule has 0 spiro atoms. The second-order valence-corrected chi connectivity index (χ2v) is 9.96. The molecule has 0 bridgehead atoms. The van der Waals surface area contributed by atoms with Crippen molar-refractivity contribution in [2.45, 2.75) is 32.4 Å². The fourth-order valence-corrected chi connectivity index (χ4v) is 5.33. The maximum absolute atomic E-state index is 13.5. The number of fused-ring (bicyclic) bond motifs is 2. The zero-order chi connectivity index (χ0) is 25.9. The van der Waals surface area contributed by atoms with Crippen LogP contribution in [0.15, 0.2) is 41.5 Å². The molecule has 12 heteroatoms. The molecule has 5 aromatic rings. The van der Waals surface area contributed by atoms with E-state index >= 15 is 0 Å². The van der Waals surface area contributed by atoms with Gasteiger partial charge in [-0.1, -0.05) is 0 Å². The van der Waals surface area contributed by atoms with Crippen LogP contribution >= 0.6 is 11.3 Å². The van der Waals surface area contributed by atoms with Crippen molar-refractivity contribution in [3.8, 4) is 16.3 Å². The fraction of sp³-hybridized carbons (Fsp3) is 0.280. The summed E-state index contributed by atoms with van der Waals surface area (Å²) in [5.41, 5.74) is 1.74. The quantitative estimate of drug-likeness (QED) is 0.328. The van der Waals surface area contributed by atoms with Crippen molar-refractivity contribution < 1.29 is 17.9 Å². The largest absolute Gasteiger partial charge is 0.433 e. The number of ether oxygens (including phenoxy) is 1. The summed E-state index contributed by atoms with van der Waals surface area (Å²) < 4.78 is 46.8. The van der Waals surface area contributed by atoms with E-state index in [1.54, 1.807) is 26.1 Å². The van der Waals surface area contributed by atoms with E-state index in [4.69, 9.17) is 4.74 Å². The molecule has 37 heavy (non-hydrogen) atoms. The van der Waals surface area contributed by atoms with Crippen LogP contribution in [0.4, 0.5) is 13.2 Å². The van der Waals surface area contributed by atoms with Gasteiger partial charge in [-0.15, -0.1) is 11.3 Å². The molecule has 0 aromatic carbocycles. The average Bonchev–Trinajstić information content (AvgIpc) is 3.55. The number of pyridine rings is 2. The van der Waals surface area contributed by atoms with E-state index in [2.05, 4.69) is 25.0 Å². The summed E-state index contributed by atoms with van der Waals surface area (Å²) in [6.45, 7) is 4.88. The molecule has 188 valence electrons. The second kappa shape index (κ2) is 8.67. The van der Waals surface area contributed by atoms with Gasteiger partial charge in [-0.3, -0.25) is 14.8 Å². The van der Waals surface area contributed by atoms with E-state index in [-0.39, 0.29) is 22.8 Å². The van der Waals surface area contributed by atoms with Gasteiger partial charge in [-0.2, -0.15) is 18.3 Å². The van der Waals surface area contributed by atoms with Gasteiger partial charge < -0.3 is 4.74 Å². The second-order valence-electron chi connectivity index (χ2n) is 8.87. The zero-order valence-corrected chi connectivity index (χ0v) is 20.5. The smallest absolute Gasteiger partial charge is 0.381 e. The van der Waals surface area contributed by atoms with Gasteiger partial charge in [0.05, 0.1) is 34.8 Å². The maximum Gasteiger partial charge on any atom is 0.433 e. The number of hydrogen-bond acceptors (Lipinski definition) is 8. The van der Waals surface area contributed by atoms with Crippen LogP contribution in [0.25, 0.3) is 37.5 Å². The Balaban J connectivity index is 1.54. The molecular formula is C25H19F3N6O2S. The number of halogens is 3. The minimum absolute atomic E-state index is 0.0630. The zero-order valence-electron chi connectivity index (χ0n) is 19.7. The Bertz CT molecular complexity index is 1720. The predicted molar refractivity (Wildman–Crippen MR) is 132 cm³/mol. The number of aromatic nitrogens is 6. The summed E-state index contributed by atoms with van der Waals surface area (Å²) in [5, 5.41) is 5.09. The van der Waals surface area contributed by atoms with Gasteiger partial charge in [0, 0.05) is 34.5 Å². The molecule has 1 saturated heterocycles. The van der Waals surface area contributed by atoms with E-state index in [9.17, 15) is 18.0 Å². The van der Waals surface area contributed by atoms with Gasteiger partial charge in [0.25, 0.3) is 0 Å². The van der Waals surface area contributed by atoms with Crippen molar-refractivity contribution in [1.82, 2.24) is 29.7 Å². The number of alkyl halides is 3. The summed E-state index contributed by atoms with van der Waals surface area (Å²) in [4.78, 5) is 31.1. The Hall–Kier alpha value is -3.77. The van der Waals surface area contributed by atoms with E-state index in [0.717, 1.165) is 35.7 Å². The molecule has 1 aliphatic rings. The number of rotatable bonds is 3. The van der Waals surface area contributed by atoms with Crippen LogP contribution in [-0.4, -0.2) is 42.9 Å². The maximum atomic E-state index is 13.5. The lowest BCUT2D eigenvalue weighted by Crippen LogP contribution is -2.18. The van der Waals surface area contributed by atoms with Crippen molar-refractivity contribution in [3.05, 3.63) is 69.7 Å². The Morgan fingerprint density at radius 3 is 2.59 bits per heavy atom. The molecule has 1 atom stereocenters. The number of hydrogen-bond donors (Lipinski definition) is 0. The topological polar surface area (TPSA) is 95.7 Å². The van der Waals surface area contributed by atoms with Crippen molar-refractivity contribution in [2.75, 3.05) is 13.2 Å². The molecule has 1 fully saturated rings. The minimum Gasteiger partial charge on any atom is -0.381 e. The molecule has 0 saturated carbocycles.